The van der Waals surface area contributed by atoms with Gasteiger partial charge in [0.05, 0.1) is 6.54 Å². The van der Waals surface area contributed by atoms with Crippen LogP contribution in [0.25, 0.3) is 0 Å². The van der Waals surface area contributed by atoms with E-state index >= 15 is 0 Å². The van der Waals surface area contributed by atoms with Crippen molar-refractivity contribution in [1.82, 2.24) is 37.2 Å². The number of halogens is 3. The Morgan fingerprint density at radius 1 is 0.706 bits per heavy atom. The van der Waals surface area contributed by atoms with Crippen LogP contribution in [0, 0.1) is 5.92 Å². The van der Waals surface area contributed by atoms with Crippen LogP contribution in [0.2, 0.25) is 0 Å². The van der Waals surface area contributed by atoms with Crippen molar-refractivity contribution in [1.29, 1.82) is 0 Å². The molecule has 0 heterocycles. The molecular weight excluding hydrogens is 679 g/mol. The molecule has 1 aromatic rings. The zero-order chi connectivity index (χ0) is 38.4. The number of hydrogen-bond acceptors (Lipinski definition) is 7. The summed E-state index contributed by atoms with van der Waals surface area (Å²) in [4.78, 5) is 86.1. The van der Waals surface area contributed by atoms with Gasteiger partial charge in [-0.25, -0.2) is 4.79 Å². The zero-order valence-electron chi connectivity index (χ0n) is 29.1. The molecule has 0 aliphatic rings. The minimum Gasteiger partial charge on any atom is -0.465 e. The van der Waals surface area contributed by atoms with Crippen LogP contribution < -0.4 is 37.2 Å². The molecule has 0 spiro atoms. The molecule has 0 saturated heterocycles. The Kier molecular flexibility index (Phi) is 20.3. The highest BCUT2D eigenvalue weighted by molar-refractivity contribution is 5.94. The van der Waals surface area contributed by atoms with Gasteiger partial charge in [0.1, 0.15) is 18.1 Å². The molecule has 15 nitrogen and oxygen atoms in total. The second-order valence-electron chi connectivity index (χ2n) is 12.2. The van der Waals surface area contributed by atoms with Crippen molar-refractivity contribution < 1.29 is 51.8 Å². The van der Waals surface area contributed by atoms with Crippen molar-refractivity contribution in [3.05, 3.63) is 35.9 Å². The molecular formula is C33H50F3N7O8. The lowest BCUT2D eigenvalue weighted by atomic mass is 10.0. The molecule has 0 aliphatic carbocycles. The molecule has 3 atom stereocenters. The van der Waals surface area contributed by atoms with Gasteiger partial charge >= 0.3 is 18.2 Å². The fraction of sp³-hybridized carbons (Fsp3) is 0.606. The topological polar surface area (TPSA) is 224 Å². The fourth-order valence-corrected chi connectivity index (χ4v) is 4.84. The highest BCUT2D eigenvalue weighted by Crippen LogP contribution is 2.14. The number of carbonyl (C=O) groups excluding carboxylic acids is 6. The second kappa shape index (κ2) is 23.5. The minimum atomic E-state index is -5.05. The monoisotopic (exact) mass is 729 g/mol. The van der Waals surface area contributed by atoms with E-state index in [2.05, 4.69) is 31.9 Å². The average Bonchev–Trinajstić information content (AvgIpc) is 3.06. The van der Waals surface area contributed by atoms with E-state index in [1.807, 2.05) is 13.8 Å². The highest BCUT2D eigenvalue weighted by atomic mass is 19.4. The van der Waals surface area contributed by atoms with Crippen LogP contribution in [-0.2, 0) is 35.2 Å². The van der Waals surface area contributed by atoms with Crippen molar-refractivity contribution in [3.8, 4) is 0 Å². The quantitative estimate of drug-likeness (QED) is 0.0765. The predicted octanol–water partition coefficient (Wildman–Crippen LogP) is 1.27. The molecule has 286 valence electrons. The van der Waals surface area contributed by atoms with E-state index in [9.17, 15) is 46.7 Å². The summed E-state index contributed by atoms with van der Waals surface area (Å²) >= 11 is 0. The lowest BCUT2D eigenvalue weighted by Crippen LogP contribution is -2.55. The van der Waals surface area contributed by atoms with Gasteiger partial charge in [0, 0.05) is 33.0 Å². The number of carbonyl (C=O) groups is 7. The summed E-state index contributed by atoms with van der Waals surface area (Å²) in [5.74, 6) is -5.17. The maximum Gasteiger partial charge on any atom is 0.471 e. The third-order valence-corrected chi connectivity index (χ3v) is 7.42. The molecule has 0 aliphatic heterocycles. The summed E-state index contributed by atoms with van der Waals surface area (Å²) in [6.45, 7) is 3.03. The van der Waals surface area contributed by atoms with Gasteiger partial charge < -0.3 is 42.3 Å². The average molecular weight is 730 g/mol. The molecule has 51 heavy (non-hydrogen) atoms. The Hall–Kier alpha value is -4.90. The molecule has 1 rings (SSSR count). The molecule has 0 unspecified atom stereocenters. The molecule has 1 aromatic carbocycles. The summed E-state index contributed by atoms with van der Waals surface area (Å²) in [5, 5.41) is 25.3. The number of nitrogens with one attached hydrogen (secondary N) is 7. The summed E-state index contributed by atoms with van der Waals surface area (Å²) < 4.78 is 37.5. The zero-order valence-corrected chi connectivity index (χ0v) is 29.1. The second-order valence-corrected chi connectivity index (χ2v) is 12.2. The van der Waals surface area contributed by atoms with Crippen LogP contribution in [0.3, 0.4) is 0 Å². The van der Waals surface area contributed by atoms with Crippen molar-refractivity contribution in [2.75, 3.05) is 26.7 Å². The lowest BCUT2D eigenvalue weighted by Gasteiger charge is -2.24. The number of rotatable bonds is 23. The standard InChI is InChI=1S/C33H50F3N7O8/c1-21(2)18-24(42-26(44)15-8-5-10-17-39-32(50)51)29(47)40-20-27(45)41-23(14-9-11-16-38-31(49)33(34,35)36)30(48)43-25(28(46)37-3)19-22-12-6-4-7-13-22/h4,6-7,12-13,21,23-25,39H,5,8-11,14-20H2,1-3H3,(H,37,46)(H,38,49)(H,40,47)(H,41,45)(H,42,44)(H,43,48)(H,50,51)/t23-,24-,25-/m0/s1. The van der Waals surface area contributed by atoms with Crippen molar-refractivity contribution >= 4 is 41.5 Å². The summed E-state index contributed by atoms with van der Waals surface area (Å²) in [6.07, 6.45) is -4.03. The van der Waals surface area contributed by atoms with Crippen LogP contribution in [0.4, 0.5) is 18.0 Å². The third-order valence-electron chi connectivity index (χ3n) is 7.42. The SMILES string of the molecule is CNC(=O)[C@H](Cc1ccccc1)NC(=O)[C@H](CCCCNC(=O)C(F)(F)F)NC(=O)CNC(=O)[C@H](CC(C)C)NC(=O)CCCCCNC(=O)O. The van der Waals surface area contributed by atoms with Gasteiger partial charge in [-0.05, 0) is 50.0 Å². The van der Waals surface area contributed by atoms with Gasteiger partial charge in [-0.3, -0.25) is 28.8 Å². The minimum absolute atomic E-state index is 0.00452. The molecule has 0 bridgehead atoms. The fourth-order valence-electron chi connectivity index (χ4n) is 4.84. The number of alkyl halides is 3. The maximum absolute atomic E-state index is 13.4. The van der Waals surface area contributed by atoms with Gasteiger partial charge in [0.2, 0.25) is 29.5 Å². The first-order chi connectivity index (χ1) is 24.0. The van der Waals surface area contributed by atoms with E-state index in [1.165, 1.54) is 7.05 Å². The van der Waals surface area contributed by atoms with Crippen LogP contribution in [0.1, 0.15) is 70.8 Å². The van der Waals surface area contributed by atoms with Gasteiger partial charge in [-0.15, -0.1) is 0 Å². The summed E-state index contributed by atoms with van der Waals surface area (Å²) in [6, 6.07) is 5.57. The molecule has 18 heteroatoms. The number of unbranched alkanes of at least 4 members (excludes halogenated alkanes) is 3. The molecule has 0 saturated carbocycles. The van der Waals surface area contributed by atoms with Crippen LogP contribution in [0.15, 0.2) is 30.3 Å². The van der Waals surface area contributed by atoms with E-state index in [0.717, 1.165) is 5.56 Å². The number of carboxylic acid groups (broad SMARTS) is 1. The maximum atomic E-state index is 13.4. The van der Waals surface area contributed by atoms with Crippen molar-refractivity contribution in [3.63, 3.8) is 0 Å². The highest BCUT2D eigenvalue weighted by Gasteiger charge is 2.38. The third kappa shape index (κ3) is 19.8. The van der Waals surface area contributed by atoms with E-state index < -0.39 is 72.4 Å². The Morgan fingerprint density at radius 3 is 1.94 bits per heavy atom. The number of hydrogen-bond donors (Lipinski definition) is 8. The van der Waals surface area contributed by atoms with E-state index in [1.54, 1.807) is 35.6 Å². The first kappa shape index (κ1) is 44.1. The Morgan fingerprint density at radius 2 is 1.33 bits per heavy atom. The van der Waals surface area contributed by atoms with Crippen molar-refractivity contribution in [2.45, 2.75) is 95.9 Å². The van der Waals surface area contributed by atoms with E-state index in [4.69, 9.17) is 5.11 Å². The Labute approximate surface area is 295 Å². The largest absolute Gasteiger partial charge is 0.471 e. The van der Waals surface area contributed by atoms with Crippen LogP contribution in [0.5, 0.6) is 0 Å². The van der Waals surface area contributed by atoms with Gasteiger partial charge in [-0.1, -0.05) is 50.6 Å². The first-order valence-corrected chi connectivity index (χ1v) is 16.8. The van der Waals surface area contributed by atoms with Gasteiger partial charge in [0.15, 0.2) is 0 Å². The smallest absolute Gasteiger partial charge is 0.465 e. The van der Waals surface area contributed by atoms with Gasteiger partial charge in [-0.2, -0.15) is 13.2 Å². The summed E-state index contributed by atoms with van der Waals surface area (Å²) in [7, 11) is 1.39. The van der Waals surface area contributed by atoms with Crippen LogP contribution >= 0.6 is 0 Å². The van der Waals surface area contributed by atoms with E-state index in [-0.39, 0.29) is 57.5 Å². The van der Waals surface area contributed by atoms with Gasteiger partial charge in [0.25, 0.3) is 0 Å². The van der Waals surface area contributed by atoms with Crippen LogP contribution in [-0.4, -0.2) is 97.6 Å². The molecule has 0 aromatic heterocycles. The number of benzene rings is 1. The lowest BCUT2D eigenvalue weighted by molar-refractivity contribution is -0.173. The first-order valence-electron chi connectivity index (χ1n) is 16.8. The molecule has 8 N–H and O–H groups in total. The van der Waals surface area contributed by atoms with Crippen molar-refractivity contribution in [2.24, 2.45) is 5.92 Å². The molecule has 7 amide bonds. The van der Waals surface area contributed by atoms with E-state index in [0.29, 0.717) is 19.3 Å². The number of amides is 7. The summed E-state index contributed by atoms with van der Waals surface area (Å²) in [5.41, 5.74) is 0.742. The Balaban J connectivity index is 2.88. The Bertz CT molecular complexity index is 1300. The number of likely N-dealkylation sites (N-methyl/N-ethyl adjacent to an activating group) is 1. The predicted molar refractivity (Wildman–Crippen MR) is 180 cm³/mol. The molecule has 0 fully saturated rings. The normalized spacial score (nSPS) is 12.8. The molecule has 0 radical (unpaired) electrons.